The van der Waals surface area contributed by atoms with Crippen LogP contribution in [0.3, 0.4) is 0 Å². The highest BCUT2D eigenvalue weighted by molar-refractivity contribution is 7.60. The predicted molar refractivity (Wildman–Crippen MR) is 79.5 cm³/mol. The smallest absolute Gasteiger partial charge is 0.398 e. The number of nitrogen functional groups attached to an aromatic ring is 1. The Morgan fingerprint density at radius 1 is 1.27 bits per heavy atom. The Labute approximate surface area is 144 Å². The van der Waals surface area contributed by atoms with E-state index in [1.807, 2.05) is 0 Å². The number of aromatic nitrogens is 2. The van der Waals surface area contributed by atoms with E-state index in [0.29, 0.717) is 10.8 Å². The van der Waals surface area contributed by atoms with E-state index >= 15 is 0 Å². The molecule has 2 rings (SSSR count). The minimum Gasteiger partial charge on any atom is -0.398 e. The van der Waals surface area contributed by atoms with Crippen molar-refractivity contribution in [1.82, 2.24) is 9.55 Å². The van der Waals surface area contributed by atoms with Gasteiger partial charge in [-0.25, -0.2) is 13.9 Å². The average molecular weight is 419 g/mol. The Morgan fingerprint density at radius 2 is 1.88 bits per heavy atom. The summed E-state index contributed by atoms with van der Waals surface area (Å²) in [6, 6.07) is 0. The summed E-state index contributed by atoms with van der Waals surface area (Å²) in [6.07, 6.45) is -5.38. The van der Waals surface area contributed by atoms with Gasteiger partial charge in [0.25, 0.3) is 0 Å². The van der Waals surface area contributed by atoms with Crippen molar-refractivity contribution >= 4 is 21.5 Å². The fourth-order valence-corrected chi connectivity index (χ4v) is 3.70. The maximum atomic E-state index is 11.9. The number of nitrogens with zero attached hydrogens (tertiary/aromatic N) is 2. The largest absolute Gasteiger partial charge is 0.536 e. The van der Waals surface area contributed by atoms with Gasteiger partial charge in [-0.1, -0.05) is 0 Å². The van der Waals surface area contributed by atoms with Gasteiger partial charge in [0.1, 0.15) is 18.3 Å². The van der Waals surface area contributed by atoms with Crippen LogP contribution in [0.1, 0.15) is 6.23 Å². The van der Waals surface area contributed by atoms with Gasteiger partial charge in [0.15, 0.2) is 17.8 Å². The van der Waals surface area contributed by atoms with Crippen molar-refractivity contribution in [1.29, 1.82) is 0 Å². The van der Waals surface area contributed by atoms with Crippen LogP contribution in [-0.2, 0) is 18.2 Å². The number of rotatable bonds is 6. The topological polar surface area (TPSA) is 244 Å². The van der Waals surface area contributed by atoms with Crippen molar-refractivity contribution in [3.8, 4) is 5.75 Å². The van der Waals surface area contributed by atoms with Gasteiger partial charge in [-0.3, -0.25) is 9.46 Å². The van der Waals surface area contributed by atoms with Gasteiger partial charge in [0, 0.05) is 0 Å². The Bertz CT molecular complexity index is 823. The van der Waals surface area contributed by atoms with Crippen LogP contribution >= 0.6 is 15.6 Å². The van der Waals surface area contributed by atoms with E-state index < -0.39 is 64.0 Å². The molecule has 0 aliphatic carbocycles. The molecular formula is C9H15N3O12P2. The molecule has 26 heavy (non-hydrogen) atoms. The molecule has 0 saturated carbocycles. The van der Waals surface area contributed by atoms with Crippen molar-refractivity contribution in [3.63, 3.8) is 0 Å². The highest BCUT2D eigenvalue weighted by Gasteiger charge is 2.44. The quantitative estimate of drug-likeness (QED) is 0.228. The lowest BCUT2D eigenvalue weighted by molar-refractivity contribution is -0.0551. The number of hydrogen-bond donors (Lipinski definition) is 7. The highest BCUT2D eigenvalue weighted by Crippen LogP contribution is 2.57. The fourth-order valence-electron chi connectivity index (χ4n) is 2.10. The Morgan fingerprint density at radius 3 is 2.38 bits per heavy atom. The second kappa shape index (κ2) is 7.32. The monoisotopic (exact) mass is 419 g/mol. The summed E-state index contributed by atoms with van der Waals surface area (Å²) in [5, 5.41) is 28.6. The number of anilines is 1. The number of phosphoric acid groups is 2. The number of aliphatic hydroxyl groups is 3. The highest BCUT2D eigenvalue weighted by atomic mass is 31.3. The minimum atomic E-state index is -5.41. The van der Waals surface area contributed by atoms with Crippen molar-refractivity contribution in [2.75, 3.05) is 12.3 Å². The summed E-state index contributed by atoms with van der Waals surface area (Å²) in [5.41, 5.74) is 4.23. The third-order valence-corrected chi connectivity index (χ3v) is 5.26. The molecule has 2 heterocycles. The zero-order chi connectivity index (χ0) is 19.9. The Hall–Kier alpha value is -1.38. The second-order valence-electron chi connectivity index (χ2n) is 5.04. The van der Waals surface area contributed by atoms with E-state index in [1.165, 1.54) is 0 Å². The first kappa shape index (κ1) is 20.9. The number of nitrogens with two attached hydrogens (primary N) is 1. The number of ether oxygens (including phenoxy) is 1. The third kappa shape index (κ3) is 4.66. The first-order valence-electron chi connectivity index (χ1n) is 6.65. The molecular weight excluding hydrogens is 404 g/mol. The Kier molecular flexibility index (Phi) is 5.90. The van der Waals surface area contributed by atoms with Gasteiger partial charge in [0.05, 0.1) is 12.8 Å². The zero-order valence-corrected chi connectivity index (χ0v) is 14.4. The molecule has 0 spiro atoms. The maximum absolute atomic E-state index is 11.9. The van der Waals surface area contributed by atoms with Crippen LogP contribution in [0.4, 0.5) is 5.82 Å². The van der Waals surface area contributed by atoms with Gasteiger partial charge in [0.2, 0.25) is 0 Å². The van der Waals surface area contributed by atoms with E-state index in [-0.39, 0.29) is 0 Å². The average Bonchev–Trinajstić information content (AvgIpc) is 2.75. The Balaban J connectivity index is 2.37. The van der Waals surface area contributed by atoms with Crippen LogP contribution in [0.2, 0.25) is 0 Å². The molecule has 1 fully saturated rings. The molecule has 5 unspecified atom stereocenters. The molecule has 1 aliphatic heterocycles. The van der Waals surface area contributed by atoms with Crippen LogP contribution < -0.4 is 15.9 Å². The molecule has 15 nitrogen and oxygen atoms in total. The van der Waals surface area contributed by atoms with E-state index in [4.69, 9.17) is 25.4 Å². The number of hydrogen-bond acceptors (Lipinski definition) is 11. The van der Waals surface area contributed by atoms with Crippen LogP contribution in [0, 0.1) is 0 Å². The van der Waals surface area contributed by atoms with Crippen molar-refractivity contribution in [2.24, 2.45) is 0 Å². The lowest BCUT2D eigenvalue weighted by Crippen LogP contribution is -2.36. The number of aliphatic hydroxyl groups excluding tert-OH is 3. The summed E-state index contributed by atoms with van der Waals surface area (Å²) in [6.45, 7) is -0.683. The SMILES string of the molecule is Nc1nc(=O)n(C2OC(CO)C(O)C2O)cc1OP(=O)(O)OP(=O)(O)O. The van der Waals surface area contributed by atoms with Gasteiger partial charge in [-0.15, -0.1) is 0 Å². The lowest BCUT2D eigenvalue weighted by Gasteiger charge is -2.19. The van der Waals surface area contributed by atoms with Crippen molar-refractivity contribution < 1.29 is 52.7 Å². The predicted octanol–water partition coefficient (Wildman–Crippen LogP) is -2.97. The van der Waals surface area contributed by atoms with E-state index in [1.54, 1.807) is 0 Å². The summed E-state index contributed by atoms with van der Waals surface area (Å²) in [7, 11) is -10.8. The molecule has 0 radical (unpaired) electrons. The standard InChI is InChI=1S/C9H15N3O12P2/c10-7-3(23-26(20,21)24-25(17,18)19)1-12(9(16)11-7)8-6(15)5(14)4(2-13)22-8/h1,4-6,8,13-15H,2H2,(H,20,21)(H2,10,11,16)(H2,17,18,19). The minimum absolute atomic E-state index is 0.534. The molecule has 1 aromatic rings. The molecule has 8 N–H and O–H groups in total. The van der Waals surface area contributed by atoms with Crippen LogP contribution in [0.5, 0.6) is 5.75 Å². The molecule has 17 heteroatoms. The normalized spacial score (nSPS) is 28.7. The van der Waals surface area contributed by atoms with Gasteiger partial charge < -0.3 is 40.1 Å². The second-order valence-corrected chi connectivity index (χ2v) is 7.80. The van der Waals surface area contributed by atoms with Crippen molar-refractivity contribution in [3.05, 3.63) is 16.7 Å². The first-order valence-corrected chi connectivity index (χ1v) is 9.67. The first-order chi connectivity index (χ1) is 11.8. The third-order valence-electron chi connectivity index (χ3n) is 3.16. The van der Waals surface area contributed by atoms with Crippen LogP contribution in [-0.4, -0.2) is 64.5 Å². The summed E-state index contributed by atoms with van der Waals surface area (Å²) < 4.78 is 35.8. The molecule has 1 saturated heterocycles. The van der Waals surface area contributed by atoms with Gasteiger partial charge >= 0.3 is 21.3 Å². The van der Waals surface area contributed by atoms with Crippen LogP contribution in [0.25, 0.3) is 0 Å². The van der Waals surface area contributed by atoms with E-state index in [0.717, 1.165) is 0 Å². The van der Waals surface area contributed by atoms with Crippen LogP contribution in [0.15, 0.2) is 11.0 Å². The van der Waals surface area contributed by atoms with Gasteiger partial charge in [-0.2, -0.15) is 9.29 Å². The lowest BCUT2D eigenvalue weighted by atomic mass is 10.1. The summed E-state index contributed by atoms with van der Waals surface area (Å²) in [5.74, 6) is -1.54. The van der Waals surface area contributed by atoms with Crippen molar-refractivity contribution in [2.45, 2.75) is 24.5 Å². The molecule has 0 amide bonds. The van der Waals surface area contributed by atoms with E-state index in [2.05, 4.69) is 13.8 Å². The molecule has 0 bridgehead atoms. The molecule has 1 aromatic heterocycles. The molecule has 5 atom stereocenters. The van der Waals surface area contributed by atoms with E-state index in [9.17, 15) is 29.0 Å². The number of phosphoric ester groups is 1. The molecule has 1 aliphatic rings. The summed E-state index contributed by atoms with van der Waals surface area (Å²) >= 11 is 0. The van der Waals surface area contributed by atoms with Gasteiger partial charge in [-0.05, 0) is 0 Å². The fraction of sp³-hybridized carbons (Fsp3) is 0.556. The summed E-state index contributed by atoms with van der Waals surface area (Å²) in [4.78, 5) is 41.6. The zero-order valence-electron chi connectivity index (χ0n) is 12.6. The molecule has 0 aromatic carbocycles. The maximum Gasteiger partial charge on any atom is 0.536 e. The molecule has 148 valence electrons.